The molecule has 30 heavy (non-hydrogen) atoms. The number of thiophene rings is 2. The van der Waals surface area contributed by atoms with Crippen molar-refractivity contribution in [3.05, 3.63) is 98.2 Å². The Morgan fingerprint density at radius 3 is 2.57 bits per heavy atom. The van der Waals surface area contributed by atoms with Crippen LogP contribution in [0.5, 0.6) is 0 Å². The van der Waals surface area contributed by atoms with Crippen LogP contribution in [0.15, 0.2) is 65.5 Å². The van der Waals surface area contributed by atoms with Crippen molar-refractivity contribution in [2.45, 2.75) is 26.8 Å². The van der Waals surface area contributed by atoms with Gasteiger partial charge in [0.2, 0.25) is 0 Å². The van der Waals surface area contributed by atoms with Crippen LogP contribution in [-0.2, 0) is 0 Å². The third-order valence-corrected chi connectivity index (χ3v) is 6.91. The smallest absolute Gasteiger partial charge is 0.256 e. The summed E-state index contributed by atoms with van der Waals surface area (Å²) in [5.74, 6) is 0.714. The quantitative estimate of drug-likeness (QED) is 0.361. The number of carbonyl (C=O) groups is 1. The van der Waals surface area contributed by atoms with E-state index in [-0.39, 0.29) is 11.9 Å². The summed E-state index contributed by atoms with van der Waals surface area (Å²) in [6.45, 7) is 6.26. The SMILES string of the molecule is Cc1ccnc(N[C@H](c2ccsc2)c2c(NC(=O)c3ccccc3)sc(C)c2C)c1. The second-order valence-corrected chi connectivity index (χ2v) is 9.20. The molecule has 0 saturated heterocycles. The number of benzene rings is 1. The predicted octanol–water partition coefficient (Wildman–Crippen LogP) is 6.58. The van der Waals surface area contributed by atoms with Crippen molar-refractivity contribution in [3.63, 3.8) is 0 Å². The number of amides is 1. The van der Waals surface area contributed by atoms with E-state index in [1.54, 1.807) is 22.7 Å². The molecule has 0 aliphatic rings. The van der Waals surface area contributed by atoms with Gasteiger partial charge in [-0.05, 0) is 78.6 Å². The van der Waals surface area contributed by atoms with Crippen LogP contribution in [0.3, 0.4) is 0 Å². The zero-order chi connectivity index (χ0) is 21.1. The van der Waals surface area contributed by atoms with Crippen molar-refractivity contribution >= 4 is 39.4 Å². The average molecular weight is 434 g/mol. The van der Waals surface area contributed by atoms with Gasteiger partial charge in [0.25, 0.3) is 5.91 Å². The van der Waals surface area contributed by atoms with E-state index < -0.39 is 0 Å². The number of carbonyl (C=O) groups excluding carboxylic acids is 1. The van der Waals surface area contributed by atoms with Crippen molar-refractivity contribution in [1.29, 1.82) is 0 Å². The molecule has 1 atom stereocenters. The van der Waals surface area contributed by atoms with Crippen LogP contribution < -0.4 is 10.6 Å². The molecule has 1 amide bonds. The Morgan fingerprint density at radius 2 is 1.87 bits per heavy atom. The molecule has 0 fully saturated rings. The molecule has 4 aromatic rings. The second kappa shape index (κ2) is 8.81. The maximum atomic E-state index is 12.9. The van der Waals surface area contributed by atoms with Gasteiger partial charge in [0.05, 0.1) is 6.04 Å². The molecule has 3 heterocycles. The van der Waals surface area contributed by atoms with E-state index >= 15 is 0 Å². The van der Waals surface area contributed by atoms with Crippen LogP contribution in [0.25, 0.3) is 0 Å². The lowest BCUT2D eigenvalue weighted by Crippen LogP contribution is -2.17. The topological polar surface area (TPSA) is 54.0 Å². The summed E-state index contributed by atoms with van der Waals surface area (Å²) in [4.78, 5) is 18.5. The minimum absolute atomic E-state index is 0.101. The number of hydrogen-bond acceptors (Lipinski definition) is 5. The molecule has 0 bridgehead atoms. The van der Waals surface area contributed by atoms with Crippen molar-refractivity contribution < 1.29 is 4.79 Å². The largest absolute Gasteiger partial charge is 0.359 e. The summed E-state index contributed by atoms with van der Waals surface area (Å²) in [5, 5.41) is 11.8. The summed E-state index contributed by atoms with van der Waals surface area (Å²) in [6, 6.07) is 15.3. The molecule has 4 rings (SSSR count). The van der Waals surface area contributed by atoms with Crippen LogP contribution in [0.2, 0.25) is 0 Å². The average Bonchev–Trinajstić information content (AvgIpc) is 3.36. The molecule has 0 spiro atoms. The zero-order valence-corrected chi connectivity index (χ0v) is 18.7. The molecule has 152 valence electrons. The van der Waals surface area contributed by atoms with Gasteiger partial charge in [0.1, 0.15) is 10.8 Å². The van der Waals surface area contributed by atoms with Gasteiger partial charge >= 0.3 is 0 Å². The fourth-order valence-electron chi connectivity index (χ4n) is 3.37. The van der Waals surface area contributed by atoms with Gasteiger partial charge in [0.15, 0.2) is 0 Å². The van der Waals surface area contributed by atoms with E-state index in [4.69, 9.17) is 0 Å². The number of hydrogen-bond donors (Lipinski definition) is 2. The first-order chi connectivity index (χ1) is 14.5. The van der Waals surface area contributed by atoms with E-state index in [0.717, 1.165) is 27.5 Å². The predicted molar refractivity (Wildman–Crippen MR) is 127 cm³/mol. The van der Waals surface area contributed by atoms with Crippen LogP contribution >= 0.6 is 22.7 Å². The molecule has 0 radical (unpaired) electrons. The molecule has 0 aliphatic carbocycles. The number of nitrogens with one attached hydrogen (secondary N) is 2. The van der Waals surface area contributed by atoms with Gasteiger partial charge in [0, 0.05) is 22.2 Å². The minimum atomic E-state index is -0.110. The highest BCUT2D eigenvalue weighted by Crippen LogP contribution is 2.41. The second-order valence-electron chi connectivity index (χ2n) is 7.20. The van der Waals surface area contributed by atoms with Crippen molar-refractivity contribution in [2.24, 2.45) is 0 Å². The summed E-state index contributed by atoms with van der Waals surface area (Å²) in [6.07, 6.45) is 1.81. The lowest BCUT2D eigenvalue weighted by Gasteiger charge is -2.21. The number of rotatable bonds is 6. The Kier molecular flexibility index (Phi) is 5.97. The van der Waals surface area contributed by atoms with Gasteiger partial charge in [-0.3, -0.25) is 4.79 Å². The highest BCUT2D eigenvalue weighted by molar-refractivity contribution is 7.16. The van der Waals surface area contributed by atoms with Gasteiger partial charge < -0.3 is 10.6 Å². The van der Waals surface area contributed by atoms with Crippen molar-refractivity contribution in [3.8, 4) is 0 Å². The van der Waals surface area contributed by atoms with Crippen molar-refractivity contribution in [1.82, 2.24) is 4.98 Å². The summed E-state index contributed by atoms with van der Waals surface area (Å²) < 4.78 is 0. The van der Waals surface area contributed by atoms with E-state index in [0.29, 0.717) is 5.56 Å². The van der Waals surface area contributed by atoms with Crippen molar-refractivity contribution in [2.75, 3.05) is 10.6 Å². The molecule has 1 aromatic carbocycles. The van der Waals surface area contributed by atoms with Gasteiger partial charge in [-0.2, -0.15) is 11.3 Å². The molecule has 0 saturated carbocycles. The maximum Gasteiger partial charge on any atom is 0.256 e. The summed E-state index contributed by atoms with van der Waals surface area (Å²) in [5.41, 5.74) is 5.21. The third kappa shape index (κ3) is 4.30. The first-order valence-electron chi connectivity index (χ1n) is 9.70. The highest BCUT2D eigenvalue weighted by atomic mass is 32.1. The monoisotopic (exact) mass is 433 g/mol. The van der Waals surface area contributed by atoms with Gasteiger partial charge in [-0.1, -0.05) is 18.2 Å². The molecular formula is C24H23N3OS2. The van der Waals surface area contributed by atoms with E-state index in [1.807, 2.05) is 48.7 Å². The van der Waals surface area contributed by atoms with Crippen LogP contribution in [0, 0.1) is 20.8 Å². The maximum absolute atomic E-state index is 12.9. The normalized spacial score (nSPS) is 11.8. The van der Waals surface area contributed by atoms with Crippen LogP contribution in [-0.4, -0.2) is 10.9 Å². The molecule has 0 aliphatic heterocycles. The Labute approximate surface area is 184 Å². The number of nitrogens with zero attached hydrogens (tertiary/aromatic N) is 1. The van der Waals surface area contributed by atoms with Crippen LogP contribution in [0.1, 0.15) is 43.5 Å². The Morgan fingerprint density at radius 1 is 1.07 bits per heavy atom. The number of pyridine rings is 1. The summed E-state index contributed by atoms with van der Waals surface area (Å²) in [7, 11) is 0. The Balaban J connectivity index is 1.74. The number of aromatic nitrogens is 1. The van der Waals surface area contributed by atoms with E-state index in [9.17, 15) is 4.79 Å². The molecule has 0 unspecified atom stereocenters. The summed E-state index contributed by atoms with van der Waals surface area (Å²) >= 11 is 3.28. The van der Waals surface area contributed by atoms with Gasteiger partial charge in [-0.15, -0.1) is 11.3 Å². The number of aryl methyl sites for hydroxylation is 2. The Hall–Kier alpha value is -2.96. The lowest BCUT2D eigenvalue weighted by atomic mass is 9.98. The minimum Gasteiger partial charge on any atom is -0.359 e. The number of anilines is 2. The Bertz CT molecular complexity index is 1150. The van der Waals surface area contributed by atoms with Crippen LogP contribution in [0.4, 0.5) is 10.8 Å². The fraction of sp³-hybridized carbons (Fsp3) is 0.167. The van der Waals surface area contributed by atoms with Gasteiger partial charge in [-0.25, -0.2) is 4.98 Å². The zero-order valence-electron chi connectivity index (χ0n) is 17.1. The molecule has 4 nitrogen and oxygen atoms in total. The van der Waals surface area contributed by atoms with E-state index in [1.165, 1.54) is 10.4 Å². The third-order valence-electron chi connectivity index (χ3n) is 5.07. The molecule has 3 aromatic heterocycles. The fourth-order valence-corrected chi connectivity index (χ4v) is 5.15. The molecule has 2 N–H and O–H groups in total. The molecular weight excluding hydrogens is 410 g/mol. The van der Waals surface area contributed by atoms with E-state index in [2.05, 4.69) is 53.2 Å². The molecule has 6 heteroatoms. The highest BCUT2D eigenvalue weighted by Gasteiger charge is 2.25. The first-order valence-corrected chi connectivity index (χ1v) is 11.5. The standard InChI is InChI=1S/C24H23N3OS2/c1-15-9-11-25-20(13-15)26-22(19-10-12-29-14-19)21-16(2)17(3)30-24(21)27-23(28)18-7-5-4-6-8-18/h4-14,22H,1-3H3,(H,25,26)(H,27,28)/t22-/m1/s1. The lowest BCUT2D eigenvalue weighted by molar-refractivity contribution is 0.102. The first kappa shape index (κ1) is 20.3.